The fourth-order valence-corrected chi connectivity index (χ4v) is 2.07. The molecule has 0 aromatic carbocycles. The predicted molar refractivity (Wildman–Crippen MR) is 127 cm³/mol. The molecular weight excluding hydrogens is 530 g/mol. The minimum Gasteiger partial charge on any atom is -0.480 e. The van der Waals surface area contributed by atoms with Gasteiger partial charge in [0.1, 0.15) is 12.6 Å². The number of carboxylic acid groups (broad SMARTS) is 1. The molecule has 0 rings (SSSR count). The lowest BCUT2D eigenvalue weighted by molar-refractivity contribution is -0.138. The fourth-order valence-electron chi connectivity index (χ4n) is 2.07. The average Bonchev–Trinajstić information content (AvgIpc) is 2.91. The molecule has 0 bridgehead atoms. The number of rotatable bonds is 18. The van der Waals surface area contributed by atoms with Gasteiger partial charge in [-0.2, -0.15) is 0 Å². The molecular formula is C19H31N9O11. The van der Waals surface area contributed by atoms with E-state index in [9.17, 15) is 43.2 Å². The number of aliphatic carboxylic acids is 1. The van der Waals surface area contributed by atoms with Crippen LogP contribution in [0.15, 0.2) is 0 Å². The second-order valence-electron chi connectivity index (χ2n) is 7.34. The number of hydrogen-bond acceptors (Lipinski definition) is 11. The monoisotopic (exact) mass is 561 g/mol. The van der Waals surface area contributed by atoms with E-state index >= 15 is 0 Å². The van der Waals surface area contributed by atoms with Crippen LogP contribution < -0.4 is 48.3 Å². The van der Waals surface area contributed by atoms with Crippen LogP contribution in [0, 0.1) is 0 Å². The Morgan fingerprint density at radius 1 is 0.462 bits per heavy atom. The molecule has 20 heteroatoms. The van der Waals surface area contributed by atoms with Gasteiger partial charge in [-0.3, -0.25) is 43.2 Å². The first kappa shape index (κ1) is 34.1. The molecule has 0 aromatic heterocycles. The van der Waals surface area contributed by atoms with Crippen molar-refractivity contribution in [2.45, 2.75) is 6.04 Å². The van der Waals surface area contributed by atoms with Gasteiger partial charge in [0.25, 0.3) is 0 Å². The van der Waals surface area contributed by atoms with Gasteiger partial charge in [0.2, 0.25) is 47.3 Å². The topological polar surface area (TPSA) is 316 Å². The lowest BCUT2D eigenvalue weighted by atomic mass is 10.3. The normalized spacial score (nSPS) is 10.6. The number of aliphatic hydroxyl groups excluding tert-OH is 1. The van der Waals surface area contributed by atoms with E-state index in [2.05, 4.69) is 37.2 Å². The summed E-state index contributed by atoms with van der Waals surface area (Å²) in [6, 6.07) is -1.20. The smallest absolute Gasteiger partial charge is 0.322 e. The molecule has 0 aromatic rings. The van der Waals surface area contributed by atoms with Crippen LogP contribution in [0.3, 0.4) is 0 Å². The van der Waals surface area contributed by atoms with E-state index < -0.39 is 118 Å². The maximum Gasteiger partial charge on any atom is 0.322 e. The summed E-state index contributed by atoms with van der Waals surface area (Å²) >= 11 is 0. The first-order valence-corrected chi connectivity index (χ1v) is 11.1. The number of carboxylic acids is 1. The second-order valence-corrected chi connectivity index (χ2v) is 7.34. The van der Waals surface area contributed by atoms with Crippen molar-refractivity contribution in [3.63, 3.8) is 0 Å². The van der Waals surface area contributed by atoms with Crippen molar-refractivity contribution in [2.24, 2.45) is 5.73 Å². The van der Waals surface area contributed by atoms with Crippen LogP contribution in [-0.4, -0.2) is 128 Å². The molecule has 0 aliphatic carbocycles. The number of carbonyl (C=O) groups is 9. The minimum atomic E-state index is -1.26. The summed E-state index contributed by atoms with van der Waals surface area (Å²) in [7, 11) is 0. The Morgan fingerprint density at radius 2 is 0.692 bits per heavy atom. The molecule has 8 amide bonds. The molecule has 0 spiro atoms. The Morgan fingerprint density at radius 3 is 0.923 bits per heavy atom. The van der Waals surface area contributed by atoms with Crippen molar-refractivity contribution in [1.29, 1.82) is 0 Å². The Kier molecular flexibility index (Phi) is 16.9. The Hall–Kier alpha value is -4.85. The largest absolute Gasteiger partial charge is 0.480 e. The molecule has 0 radical (unpaired) electrons. The van der Waals surface area contributed by atoms with Crippen LogP contribution in [0.2, 0.25) is 0 Å². The zero-order valence-corrected chi connectivity index (χ0v) is 20.6. The third kappa shape index (κ3) is 19.0. The number of nitrogens with one attached hydrogen (secondary N) is 8. The number of carbonyl (C=O) groups excluding carboxylic acids is 8. The molecule has 20 nitrogen and oxygen atoms in total. The highest BCUT2D eigenvalue weighted by Gasteiger charge is 2.14. The molecule has 39 heavy (non-hydrogen) atoms. The second kappa shape index (κ2) is 19.3. The summed E-state index contributed by atoms with van der Waals surface area (Å²) < 4.78 is 0. The van der Waals surface area contributed by atoms with E-state index in [-0.39, 0.29) is 0 Å². The van der Waals surface area contributed by atoms with Gasteiger partial charge in [0.15, 0.2) is 0 Å². The van der Waals surface area contributed by atoms with E-state index in [4.69, 9.17) is 15.9 Å². The van der Waals surface area contributed by atoms with Gasteiger partial charge in [0.05, 0.1) is 52.4 Å². The summed E-state index contributed by atoms with van der Waals surface area (Å²) in [5.41, 5.74) is 5.24. The van der Waals surface area contributed by atoms with Crippen LogP contribution in [0.25, 0.3) is 0 Å². The summed E-state index contributed by atoms with van der Waals surface area (Å²) in [6.45, 7) is -4.88. The van der Waals surface area contributed by atoms with Gasteiger partial charge in [-0.05, 0) is 0 Å². The molecule has 0 fully saturated rings. The fraction of sp³-hybridized carbons (Fsp3) is 0.526. The quantitative estimate of drug-likeness (QED) is 0.0743. The first-order valence-electron chi connectivity index (χ1n) is 11.1. The minimum absolute atomic E-state index is 0.491. The summed E-state index contributed by atoms with van der Waals surface area (Å²) in [5.74, 6) is -7.28. The summed E-state index contributed by atoms with van der Waals surface area (Å²) in [4.78, 5) is 103. The highest BCUT2D eigenvalue weighted by molar-refractivity contribution is 5.93. The molecule has 0 aliphatic rings. The van der Waals surface area contributed by atoms with Gasteiger partial charge in [0, 0.05) is 0 Å². The molecule has 0 saturated heterocycles. The highest BCUT2D eigenvalue weighted by Crippen LogP contribution is 1.77. The van der Waals surface area contributed by atoms with Crippen LogP contribution >= 0.6 is 0 Å². The van der Waals surface area contributed by atoms with Gasteiger partial charge >= 0.3 is 5.97 Å². The summed E-state index contributed by atoms with van der Waals surface area (Å²) in [6.07, 6.45) is 0. The standard InChI is InChI=1S/C19H31N9O11/c20-10(9-29)19(39)28-7-17(36)26-5-15(34)24-3-13(32)22-1-11(30)21-2-12(31)23-4-14(33)25-6-16(35)27-8-18(37)38/h10,29H,1-9,20H2,(H,21,30)(H,22,32)(H,23,31)(H,24,34)(H,25,33)(H,26,36)(H,27,35)(H,28,39)(H,37,38). The molecule has 0 aliphatic heterocycles. The van der Waals surface area contributed by atoms with Crippen LogP contribution in [0.4, 0.5) is 0 Å². The van der Waals surface area contributed by atoms with Gasteiger partial charge in [-0.15, -0.1) is 0 Å². The summed E-state index contributed by atoms with van der Waals surface area (Å²) in [5, 5.41) is 34.2. The lowest BCUT2D eigenvalue weighted by Crippen LogP contribution is -2.48. The van der Waals surface area contributed by atoms with Crippen molar-refractivity contribution in [3.05, 3.63) is 0 Å². The van der Waals surface area contributed by atoms with Gasteiger partial charge in [-0.1, -0.05) is 0 Å². The lowest BCUT2D eigenvalue weighted by Gasteiger charge is -2.10. The maximum absolute atomic E-state index is 11.7. The third-order valence-electron chi connectivity index (χ3n) is 4.07. The predicted octanol–water partition coefficient (Wildman–Crippen LogP) is -8.68. The number of aliphatic hydroxyl groups is 1. The number of nitrogens with two attached hydrogens (primary N) is 1. The van der Waals surface area contributed by atoms with Crippen LogP contribution in [-0.2, 0) is 43.2 Å². The van der Waals surface area contributed by atoms with Crippen molar-refractivity contribution in [2.75, 3.05) is 59.0 Å². The van der Waals surface area contributed by atoms with Crippen LogP contribution in [0.5, 0.6) is 0 Å². The molecule has 12 N–H and O–H groups in total. The zero-order chi connectivity index (χ0) is 29.8. The first-order chi connectivity index (χ1) is 18.3. The van der Waals surface area contributed by atoms with Crippen molar-refractivity contribution < 1.29 is 53.4 Å². The zero-order valence-electron chi connectivity index (χ0n) is 20.6. The molecule has 0 heterocycles. The Bertz CT molecular complexity index is 942. The number of amides is 8. The van der Waals surface area contributed by atoms with Crippen LogP contribution in [0.1, 0.15) is 0 Å². The van der Waals surface area contributed by atoms with E-state index in [0.717, 1.165) is 0 Å². The SMILES string of the molecule is NC(CO)C(=O)NCC(=O)NCC(=O)NCC(=O)NCC(=O)NCC(=O)NCC(=O)NCC(=O)NCC(=O)O. The molecule has 1 unspecified atom stereocenters. The maximum atomic E-state index is 11.7. The molecule has 1 atom stereocenters. The Balaban J connectivity index is 3.96. The van der Waals surface area contributed by atoms with Gasteiger partial charge in [-0.25, -0.2) is 0 Å². The van der Waals surface area contributed by atoms with Crippen molar-refractivity contribution >= 4 is 53.2 Å². The van der Waals surface area contributed by atoms with E-state index in [0.29, 0.717) is 0 Å². The van der Waals surface area contributed by atoms with E-state index in [1.165, 1.54) is 0 Å². The van der Waals surface area contributed by atoms with E-state index in [1.54, 1.807) is 0 Å². The van der Waals surface area contributed by atoms with Crippen molar-refractivity contribution in [3.8, 4) is 0 Å². The van der Waals surface area contributed by atoms with E-state index in [1.807, 2.05) is 5.32 Å². The Labute approximate surface area is 220 Å². The molecule has 218 valence electrons. The van der Waals surface area contributed by atoms with Gasteiger partial charge < -0.3 is 58.5 Å². The molecule has 0 saturated carbocycles. The average molecular weight is 562 g/mol. The highest BCUT2D eigenvalue weighted by atomic mass is 16.4. The third-order valence-corrected chi connectivity index (χ3v) is 4.07. The number of hydrogen-bond donors (Lipinski definition) is 11. The van der Waals surface area contributed by atoms with Crippen molar-refractivity contribution in [1.82, 2.24) is 42.5 Å².